The van der Waals surface area contributed by atoms with Crippen LogP contribution in [0.2, 0.25) is 0 Å². The lowest BCUT2D eigenvalue weighted by Gasteiger charge is -2.13. The van der Waals surface area contributed by atoms with Gasteiger partial charge in [-0.1, -0.05) is 12.1 Å². The van der Waals surface area contributed by atoms with Crippen molar-refractivity contribution in [2.75, 3.05) is 19.5 Å². The number of hydrogen-bond donors (Lipinski definition) is 1. The summed E-state index contributed by atoms with van der Waals surface area (Å²) in [7, 11) is 2.83. The highest BCUT2D eigenvalue weighted by molar-refractivity contribution is 7.17. The van der Waals surface area contributed by atoms with Crippen molar-refractivity contribution in [1.29, 1.82) is 0 Å². The Morgan fingerprint density at radius 1 is 1.00 bits per heavy atom. The average Bonchev–Trinajstić information content (AvgIpc) is 3.34. The molecule has 0 saturated heterocycles. The number of carbonyl (C=O) groups is 2. The van der Waals surface area contributed by atoms with Gasteiger partial charge in [0.25, 0.3) is 5.56 Å². The SMILES string of the molecule is COC(=O)c1ccc(NC(=O)Cn2c(=O)n(Cc3cccc(OC)c3)c(=O)c3sccc32)cc1. The number of aromatic nitrogens is 2. The quantitative estimate of drug-likeness (QED) is 0.408. The fourth-order valence-corrected chi connectivity index (χ4v) is 4.37. The highest BCUT2D eigenvalue weighted by Gasteiger charge is 2.17. The van der Waals surface area contributed by atoms with Crippen molar-refractivity contribution in [3.8, 4) is 5.75 Å². The Kier molecular flexibility index (Phi) is 6.60. The summed E-state index contributed by atoms with van der Waals surface area (Å²) >= 11 is 1.21. The normalized spacial score (nSPS) is 10.8. The Balaban J connectivity index is 1.64. The second-order valence-electron chi connectivity index (χ2n) is 7.36. The van der Waals surface area contributed by atoms with E-state index in [1.165, 1.54) is 42.3 Å². The van der Waals surface area contributed by atoms with Gasteiger partial charge in [-0.15, -0.1) is 11.3 Å². The molecule has 2 aromatic carbocycles. The molecule has 2 aromatic heterocycles. The molecule has 1 amide bonds. The van der Waals surface area contributed by atoms with Gasteiger partial charge in [-0.05, 0) is 53.4 Å². The van der Waals surface area contributed by atoms with E-state index < -0.39 is 23.1 Å². The molecule has 0 spiro atoms. The van der Waals surface area contributed by atoms with Gasteiger partial charge in [-0.25, -0.2) is 9.59 Å². The molecule has 0 unspecified atom stereocenters. The summed E-state index contributed by atoms with van der Waals surface area (Å²) in [6.45, 7) is -0.247. The molecule has 0 bridgehead atoms. The van der Waals surface area contributed by atoms with Crippen molar-refractivity contribution in [3.05, 3.63) is 91.9 Å². The lowest BCUT2D eigenvalue weighted by Crippen LogP contribution is -2.41. The number of esters is 1. The maximum Gasteiger partial charge on any atom is 0.337 e. The molecule has 9 nitrogen and oxygen atoms in total. The van der Waals surface area contributed by atoms with E-state index in [4.69, 9.17) is 4.74 Å². The van der Waals surface area contributed by atoms with Crippen LogP contribution in [0.3, 0.4) is 0 Å². The molecule has 4 rings (SSSR count). The van der Waals surface area contributed by atoms with Gasteiger partial charge in [0.05, 0.1) is 31.8 Å². The first-order valence-electron chi connectivity index (χ1n) is 10.2. The first-order valence-corrected chi connectivity index (χ1v) is 11.1. The molecule has 0 aliphatic heterocycles. The fraction of sp³-hybridized carbons (Fsp3) is 0.167. The van der Waals surface area contributed by atoms with Crippen LogP contribution in [0.15, 0.2) is 69.6 Å². The second-order valence-corrected chi connectivity index (χ2v) is 8.28. The van der Waals surface area contributed by atoms with Gasteiger partial charge >= 0.3 is 11.7 Å². The Labute approximate surface area is 197 Å². The first-order chi connectivity index (χ1) is 16.4. The molecule has 0 saturated carbocycles. The van der Waals surface area contributed by atoms with Crippen molar-refractivity contribution in [3.63, 3.8) is 0 Å². The Morgan fingerprint density at radius 2 is 1.76 bits per heavy atom. The average molecular weight is 480 g/mol. The zero-order valence-electron chi connectivity index (χ0n) is 18.4. The number of rotatable bonds is 7. The standard InChI is InChI=1S/C24H21N3O6S/c1-32-18-5-3-4-15(12-18)13-27-22(29)21-19(10-11-34-21)26(24(27)31)14-20(28)25-17-8-6-16(7-9-17)23(30)33-2/h3-12H,13-14H2,1-2H3,(H,25,28). The third kappa shape index (κ3) is 4.62. The van der Waals surface area contributed by atoms with E-state index in [2.05, 4.69) is 10.1 Å². The molecule has 0 radical (unpaired) electrons. The minimum Gasteiger partial charge on any atom is -0.497 e. The molecule has 2 heterocycles. The number of thiophene rings is 1. The van der Waals surface area contributed by atoms with E-state index in [9.17, 15) is 19.2 Å². The van der Waals surface area contributed by atoms with E-state index in [0.717, 1.165) is 10.1 Å². The van der Waals surface area contributed by atoms with Gasteiger partial charge in [0.15, 0.2) is 0 Å². The van der Waals surface area contributed by atoms with Crippen LogP contribution in [0.4, 0.5) is 5.69 Å². The van der Waals surface area contributed by atoms with Crippen molar-refractivity contribution in [2.24, 2.45) is 0 Å². The number of methoxy groups -OCH3 is 2. The molecule has 0 atom stereocenters. The van der Waals surface area contributed by atoms with Gasteiger partial charge in [0.2, 0.25) is 5.91 Å². The second kappa shape index (κ2) is 9.75. The van der Waals surface area contributed by atoms with Crippen molar-refractivity contribution in [1.82, 2.24) is 9.13 Å². The lowest BCUT2D eigenvalue weighted by molar-refractivity contribution is -0.116. The topological polar surface area (TPSA) is 109 Å². The number of nitrogens with one attached hydrogen (secondary N) is 1. The van der Waals surface area contributed by atoms with Gasteiger partial charge in [0, 0.05) is 5.69 Å². The van der Waals surface area contributed by atoms with E-state index in [-0.39, 0.29) is 13.1 Å². The van der Waals surface area contributed by atoms with Crippen LogP contribution in [0, 0.1) is 0 Å². The van der Waals surface area contributed by atoms with Gasteiger partial charge < -0.3 is 14.8 Å². The summed E-state index contributed by atoms with van der Waals surface area (Å²) in [5, 5.41) is 4.42. The Morgan fingerprint density at radius 3 is 2.47 bits per heavy atom. The van der Waals surface area contributed by atoms with Crippen LogP contribution in [-0.4, -0.2) is 35.2 Å². The maximum absolute atomic E-state index is 13.3. The molecule has 174 valence electrons. The maximum atomic E-state index is 13.3. The predicted octanol–water partition coefficient (Wildman–Crippen LogP) is 2.71. The lowest BCUT2D eigenvalue weighted by atomic mass is 10.2. The van der Waals surface area contributed by atoms with Crippen LogP contribution < -0.4 is 21.3 Å². The van der Waals surface area contributed by atoms with E-state index in [1.54, 1.807) is 47.8 Å². The summed E-state index contributed by atoms with van der Waals surface area (Å²) in [6.07, 6.45) is 0. The molecule has 1 N–H and O–H groups in total. The number of anilines is 1. The smallest absolute Gasteiger partial charge is 0.337 e. The van der Waals surface area contributed by atoms with Crippen LogP contribution in [0.5, 0.6) is 5.75 Å². The van der Waals surface area contributed by atoms with E-state index >= 15 is 0 Å². The van der Waals surface area contributed by atoms with Crippen molar-refractivity contribution in [2.45, 2.75) is 13.1 Å². The number of hydrogen-bond acceptors (Lipinski definition) is 7. The molecular formula is C24H21N3O6S. The number of ether oxygens (including phenoxy) is 2. The number of carbonyl (C=O) groups excluding carboxylic acids is 2. The monoisotopic (exact) mass is 479 g/mol. The molecule has 4 aromatic rings. The van der Waals surface area contributed by atoms with Crippen LogP contribution in [0.25, 0.3) is 10.2 Å². The molecule has 0 fully saturated rings. The fourth-order valence-electron chi connectivity index (χ4n) is 3.53. The largest absolute Gasteiger partial charge is 0.497 e. The number of amides is 1. The van der Waals surface area contributed by atoms with Gasteiger partial charge in [-0.3, -0.25) is 18.7 Å². The minimum absolute atomic E-state index is 0.0410. The summed E-state index contributed by atoms with van der Waals surface area (Å²) in [6, 6.07) is 14.9. The van der Waals surface area contributed by atoms with Gasteiger partial charge in [-0.2, -0.15) is 0 Å². The molecule has 0 aliphatic rings. The first kappa shape index (κ1) is 23.0. The Bertz CT molecular complexity index is 1480. The van der Waals surface area contributed by atoms with Crippen LogP contribution >= 0.6 is 11.3 Å². The third-order valence-electron chi connectivity index (χ3n) is 5.20. The number of nitrogens with zero attached hydrogens (tertiary/aromatic N) is 2. The van der Waals surface area contributed by atoms with Crippen molar-refractivity contribution < 1.29 is 19.1 Å². The Hall–Kier alpha value is -4.18. The summed E-state index contributed by atoms with van der Waals surface area (Å²) in [5.41, 5.74) is 0.926. The summed E-state index contributed by atoms with van der Waals surface area (Å²) in [5.74, 6) is -0.324. The van der Waals surface area contributed by atoms with Crippen LogP contribution in [-0.2, 0) is 22.6 Å². The predicted molar refractivity (Wildman–Crippen MR) is 129 cm³/mol. The summed E-state index contributed by atoms with van der Waals surface area (Å²) in [4.78, 5) is 50.6. The molecule has 10 heteroatoms. The molecule has 34 heavy (non-hydrogen) atoms. The van der Waals surface area contributed by atoms with Crippen molar-refractivity contribution >= 4 is 39.1 Å². The highest BCUT2D eigenvalue weighted by Crippen LogP contribution is 2.17. The number of benzene rings is 2. The number of fused-ring (bicyclic) bond motifs is 1. The van der Waals surface area contributed by atoms with E-state index in [0.29, 0.717) is 27.2 Å². The highest BCUT2D eigenvalue weighted by atomic mass is 32.1. The molecular weight excluding hydrogens is 458 g/mol. The summed E-state index contributed by atoms with van der Waals surface area (Å²) < 4.78 is 12.7. The zero-order valence-corrected chi connectivity index (χ0v) is 19.3. The zero-order chi connectivity index (χ0) is 24.2. The van der Waals surface area contributed by atoms with E-state index in [1.807, 2.05) is 0 Å². The molecule has 0 aliphatic carbocycles. The van der Waals surface area contributed by atoms with Gasteiger partial charge in [0.1, 0.15) is 17.0 Å². The third-order valence-corrected chi connectivity index (χ3v) is 6.09. The van der Waals surface area contributed by atoms with Crippen LogP contribution in [0.1, 0.15) is 15.9 Å². The minimum atomic E-state index is -0.588.